The average molecular weight is 319 g/mol. The first-order chi connectivity index (χ1) is 10.9. The van der Waals surface area contributed by atoms with Gasteiger partial charge in [-0.05, 0) is 35.8 Å². The molecule has 0 radical (unpaired) electrons. The third-order valence-corrected chi connectivity index (χ3v) is 4.81. The second kappa shape index (κ2) is 10.0. The van der Waals surface area contributed by atoms with E-state index in [4.69, 9.17) is 0 Å². The maximum absolute atomic E-state index is 10.4. The number of hydrogen-bond acceptors (Lipinski definition) is 1. The Morgan fingerprint density at radius 3 is 2.13 bits per heavy atom. The highest BCUT2D eigenvalue weighted by atomic mass is 16.3. The van der Waals surface area contributed by atoms with E-state index in [0.29, 0.717) is 11.7 Å². The molecule has 1 nitrogen and oxygen atoms in total. The van der Waals surface area contributed by atoms with E-state index in [0.717, 1.165) is 5.56 Å². The molecule has 0 saturated heterocycles. The molecule has 1 heteroatoms. The first kappa shape index (κ1) is 20.1. The third kappa shape index (κ3) is 6.57. The number of phenols is 1. The summed E-state index contributed by atoms with van der Waals surface area (Å²) in [6, 6.07) is 6.11. The third-order valence-electron chi connectivity index (χ3n) is 4.81. The van der Waals surface area contributed by atoms with Crippen LogP contribution >= 0.6 is 0 Å². The van der Waals surface area contributed by atoms with Gasteiger partial charge in [0.2, 0.25) is 0 Å². The number of hydrogen-bond donors (Lipinski definition) is 1. The van der Waals surface area contributed by atoms with Crippen LogP contribution in [0.1, 0.15) is 109 Å². The average Bonchev–Trinajstić information content (AvgIpc) is 2.48. The van der Waals surface area contributed by atoms with E-state index in [9.17, 15) is 5.11 Å². The fraction of sp³-hybridized carbons (Fsp3) is 0.727. The summed E-state index contributed by atoms with van der Waals surface area (Å²) in [5.41, 5.74) is 2.53. The highest BCUT2D eigenvalue weighted by Crippen LogP contribution is 2.40. The second-order valence-electron chi connectivity index (χ2n) is 8.03. The lowest BCUT2D eigenvalue weighted by atomic mass is 9.77. The molecule has 1 N–H and O–H groups in total. The van der Waals surface area contributed by atoms with E-state index in [1.807, 2.05) is 12.1 Å². The van der Waals surface area contributed by atoms with Crippen LogP contribution in [0.3, 0.4) is 0 Å². The maximum atomic E-state index is 10.4. The molecule has 1 rings (SSSR count). The minimum atomic E-state index is -0.00616. The van der Waals surface area contributed by atoms with E-state index in [1.54, 1.807) is 0 Å². The Hall–Kier alpha value is -0.980. The summed E-state index contributed by atoms with van der Waals surface area (Å²) in [6.07, 6.45) is 11.8. The molecule has 1 aromatic rings. The van der Waals surface area contributed by atoms with Crippen molar-refractivity contribution < 1.29 is 5.11 Å². The second-order valence-corrected chi connectivity index (χ2v) is 8.03. The molecular weight excluding hydrogens is 280 g/mol. The van der Waals surface area contributed by atoms with Gasteiger partial charge in [0.25, 0.3) is 0 Å². The normalized spacial score (nSPS) is 13.3. The lowest BCUT2D eigenvalue weighted by Gasteiger charge is -2.28. The van der Waals surface area contributed by atoms with Gasteiger partial charge in [-0.2, -0.15) is 0 Å². The van der Waals surface area contributed by atoms with E-state index in [1.165, 1.54) is 63.4 Å². The lowest BCUT2D eigenvalue weighted by molar-refractivity contribution is 0.435. The molecule has 0 amide bonds. The highest BCUT2D eigenvalue weighted by Gasteiger charge is 2.25. The fourth-order valence-electron chi connectivity index (χ4n) is 3.69. The molecule has 1 atom stereocenters. The van der Waals surface area contributed by atoms with E-state index >= 15 is 0 Å². The number of rotatable bonds is 10. The van der Waals surface area contributed by atoms with Crippen LogP contribution in [-0.2, 0) is 5.41 Å². The highest BCUT2D eigenvalue weighted by molar-refractivity contribution is 5.45. The molecule has 0 bridgehead atoms. The zero-order chi connectivity index (χ0) is 17.3. The molecule has 0 heterocycles. The van der Waals surface area contributed by atoms with Crippen molar-refractivity contribution in [3.05, 3.63) is 29.3 Å². The van der Waals surface area contributed by atoms with Crippen molar-refractivity contribution in [1.82, 2.24) is 0 Å². The zero-order valence-electron chi connectivity index (χ0n) is 16.1. The summed E-state index contributed by atoms with van der Waals surface area (Å²) in [6.45, 7) is 11.2. The van der Waals surface area contributed by atoms with Crippen LogP contribution in [0.15, 0.2) is 18.2 Å². The standard InChI is InChI=1S/C22H38O/c1-6-8-9-10-11-12-15-18(14-7-2)19-16-13-17-20(23)21(19)22(3,4)5/h13,16-18,23H,6-12,14-15H2,1-5H3. The molecule has 1 unspecified atom stereocenters. The van der Waals surface area contributed by atoms with Gasteiger partial charge in [0.15, 0.2) is 0 Å². The first-order valence-electron chi connectivity index (χ1n) is 9.74. The molecule has 23 heavy (non-hydrogen) atoms. The van der Waals surface area contributed by atoms with Crippen LogP contribution in [-0.4, -0.2) is 5.11 Å². The Bertz CT molecular complexity index is 442. The summed E-state index contributed by atoms with van der Waals surface area (Å²) in [5.74, 6) is 1.06. The Labute approximate surface area is 144 Å². The van der Waals surface area contributed by atoms with Gasteiger partial charge in [0.1, 0.15) is 5.75 Å². The Morgan fingerprint density at radius 1 is 0.870 bits per heavy atom. The number of aromatic hydroxyl groups is 1. The van der Waals surface area contributed by atoms with Crippen molar-refractivity contribution in [1.29, 1.82) is 0 Å². The molecule has 0 saturated carbocycles. The van der Waals surface area contributed by atoms with Crippen LogP contribution in [0.5, 0.6) is 5.75 Å². The van der Waals surface area contributed by atoms with Crippen LogP contribution < -0.4 is 0 Å². The minimum Gasteiger partial charge on any atom is -0.508 e. The van der Waals surface area contributed by atoms with Crippen LogP contribution in [0, 0.1) is 0 Å². The fourth-order valence-corrected chi connectivity index (χ4v) is 3.69. The topological polar surface area (TPSA) is 20.2 Å². The SMILES string of the molecule is CCCCCCCCC(CCC)c1cccc(O)c1C(C)(C)C. The Balaban J connectivity index is 2.79. The largest absolute Gasteiger partial charge is 0.508 e. The summed E-state index contributed by atoms with van der Waals surface area (Å²) in [4.78, 5) is 0. The van der Waals surface area contributed by atoms with Crippen molar-refractivity contribution in [3.8, 4) is 5.75 Å². The summed E-state index contributed by atoms with van der Waals surface area (Å²) in [5, 5.41) is 10.4. The first-order valence-corrected chi connectivity index (χ1v) is 9.74. The van der Waals surface area contributed by atoms with Gasteiger partial charge in [-0.15, -0.1) is 0 Å². The van der Waals surface area contributed by atoms with Gasteiger partial charge in [0, 0.05) is 5.56 Å². The Kier molecular flexibility index (Phi) is 8.73. The number of benzene rings is 1. The predicted molar refractivity (Wildman–Crippen MR) is 102 cm³/mol. The molecule has 0 aliphatic rings. The van der Waals surface area contributed by atoms with Crippen molar-refractivity contribution in [2.75, 3.05) is 0 Å². The van der Waals surface area contributed by atoms with E-state index in [2.05, 4.69) is 40.7 Å². The number of phenolic OH excluding ortho intramolecular Hbond substituents is 1. The van der Waals surface area contributed by atoms with Crippen LogP contribution in [0.2, 0.25) is 0 Å². The van der Waals surface area contributed by atoms with Crippen molar-refractivity contribution >= 4 is 0 Å². The molecule has 0 aliphatic carbocycles. The molecule has 0 aliphatic heterocycles. The molecule has 0 spiro atoms. The lowest BCUT2D eigenvalue weighted by Crippen LogP contribution is -2.16. The summed E-state index contributed by atoms with van der Waals surface area (Å²) >= 11 is 0. The summed E-state index contributed by atoms with van der Waals surface area (Å²) < 4.78 is 0. The molecule has 0 aromatic heterocycles. The van der Waals surface area contributed by atoms with E-state index in [-0.39, 0.29) is 5.41 Å². The Morgan fingerprint density at radius 2 is 1.52 bits per heavy atom. The van der Waals surface area contributed by atoms with Gasteiger partial charge in [-0.1, -0.05) is 91.7 Å². The van der Waals surface area contributed by atoms with Gasteiger partial charge in [-0.3, -0.25) is 0 Å². The minimum absolute atomic E-state index is 0.00616. The predicted octanol–water partition coefficient (Wildman–Crippen LogP) is 7.32. The van der Waals surface area contributed by atoms with Crippen LogP contribution in [0.4, 0.5) is 0 Å². The van der Waals surface area contributed by atoms with Gasteiger partial charge in [-0.25, -0.2) is 0 Å². The zero-order valence-corrected chi connectivity index (χ0v) is 16.1. The van der Waals surface area contributed by atoms with Crippen molar-refractivity contribution in [3.63, 3.8) is 0 Å². The van der Waals surface area contributed by atoms with Gasteiger partial charge < -0.3 is 5.11 Å². The molecule has 0 fully saturated rings. The van der Waals surface area contributed by atoms with Crippen molar-refractivity contribution in [2.45, 2.75) is 104 Å². The smallest absolute Gasteiger partial charge is 0.119 e. The van der Waals surface area contributed by atoms with Gasteiger partial charge in [0.05, 0.1) is 0 Å². The maximum Gasteiger partial charge on any atom is 0.119 e. The monoisotopic (exact) mass is 318 g/mol. The summed E-state index contributed by atoms with van der Waals surface area (Å²) in [7, 11) is 0. The molecular formula is C22H38O. The van der Waals surface area contributed by atoms with Crippen molar-refractivity contribution in [2.24, 2.45) is 0 Å². The number of unbranched alkanes of at least 4 members (excludes halogenated alkanes) is 5. The van der Waals surface area contributed by atoms with E-state index < -0.39 is 0 Å². The quantitative estimate of drug-likeness (QED) is 0.448. The van der Waals surface area contributed by atoms with Gasteiger partial charge >= 0.3 is 0 Å². The van der Waals surface area contributed by atoms with Crippen LogP contribution in [0.25, 0.3) is 0 Å². The molecule has 132 valence electrons. The molecule has 1 aromatic carbocycles.